The van der Waals surface area contributed by atoms with Crippen molar-refractivity contribution in [2.24, 2.45) is 5.92 Å². The first kappa shape index (κ1) is 17.8. The molecule has 2 aromatic carbocycles. The molecule has 3 rings (SSSR count). The first-order chi connectivity index (χ1) is 12.0. The second-order valence-corrected chi connectivity index (χ2v) is 7.51. The molecule has 1 aliphatic rings. The Labute approximate surface area is 157 Å². The van der Waals surface area contributed by atoms with Gasteiger partial charge < -0.3 is 15.0 Å². The standard InChI is InChI=1S/C20H23BrN2O2/c1-14-11-12-23(13-14)18-7-5-17(6-8-18)22-20(24)15(2)25-19-9-3-16(21)4-10-19/h3-10,14-15H,11-13H2,1-2H3,(H,22,24). The summed E-state index contributed by atoms with van der Waals surface area (Å²) in [6.45, 7) is 6.23. The van der Waals surface area contributed by atoms with Crippen LogP contribution < -0.4 is 15.0 Å². The summed E-state index contributed by atoms with van der Waals surface area (Å²) in [6, 6.07) is 15.5. The van der Waals surface area contributed by atoms with Crippen LogP contribution in [-0.2, 0) is 4.79 Å². The fourth-order valence-corrected chi connectivity index (χ4v) is 3.20. The van der Waals surface area contributed by atoms with Crippen molar-refractivity contribution in [1.29, 1.82) is 0 Å². The number of benzene rings is 2. The zero-order valence-electron chi connectivity index (χ0n) is 14.5. The summed E-state index contributed by atoms with van der Waals surface area (Å²) in [5.41, 5.74) is 1.99. The summed E-state index contributed by atoms with van der Waals surface area (Å²) in [5, 5.41) is 2.91. The van der Waals surface area contributed by atoms with Gasteiger partial charge in [-0.05, 0) is 67.8 Å². The van der Waals surface area contributed by atoms with Crippen LogP contribution in [0.4, 0.5) is 11.4 Å². The Morgan fingerprint density at radius 3 is 2.48 bits per heavy atom. The third-order valence-corrected chi connectivity index (χ3v) is 4.95. The van der Waals surface area contributed by atoms with Gasteiger partial charge in [0.2, 0.25) is 0 Å². The minimum Gasteiger partial charge on any atom is -0.481 e. The Morgan fingerprint density at radius 1 is 1.20 bits per heavy atom. The van der Waals surface area contributed by atoms with E-state index >= 15 is 0 Å². The van der Waals surface area contributed by atoms with E-state index in [2.05, 4.69) is 45.2 Å². The molecule has 0 aromatic heterocycles. The van der Waals surface area contributed by atoms with E-state index in [9.17, 15) is 4.79 Å². The second kappa shape index (κ2) is 7.91. The fourth-order valence-electron chi connectivity index (χ4n) is 2.94. The molecule has 1 N–H and O–H groups in total. The van der Waals surface area contributed by atoms with Gasteiger partial charge in [-0.2, -0.15) is 0 Å². The third kappa shape index (κ3) is 4.75. The molecular weight excluding hydrogens is 380 g/mol. The van der Waals surface area contributed by atoms with E-state index in [0.29, 0.717) is 5.75 Å². The molecule has 2 atom stereocenters. The van der Waals surface area contributed by atoms with Gasteiger partial charge in [-0.15, -0.1) is 0 Å². The van der Waals surface area contributed by atoms with Crippen LogP contribution in [-0.4, -0.2) is 25.1 Å². The molecule has 1 saturated heterocycles. The second-order valence-electron chi connectivity index (χ2n) is 6.59. The zero-order chi connectivity index (χ0) is 17.8. The molecule has 132 valence electrons. The topological polar surface area (TPSA) is 41.6 Å². The number of hydrogen-bond donors (Lipinski definition) is 1. The number of amides is 1. The largest absolute Gasteiger partial charge is 0.481 e. The summed E-state index contributed by atoms with van der Waals surface area (Å²) >= 11 is 3.38. The maximum atomic E-state index is 12.3. The normalized spacial score (nSPS) is 18.0. The molecule has 1 heterocycles. The number of nitrogens with zero attached hydrogens (tertiary/aromatic N) is 1. The first-order valence-electron chi connectivity index (χ1n) is 8.59. The van der Waals surface area contributed by atoms with Gasteiger partial charge >= 0.3 is 0 Å². The van der Waals surface area contributed by atoms with Crippen molar-refractivity contribution in [3.63, 3.8) is 0 Å². The molecule has 1 aliphatic heterocycles. The molecule has 0 radical (unpaired) electrons. The summed E-state index contributed by atoms with van der Waals surface area (Å²) < 4.78 is 6.66. The van der Waals surface area contributed by atoms with Crippen LogP contribution in [0.2, 0.25) is 0 Å². The molecule has 2 unspecified atom stereocenters. The first-order valence-corrected chi connectivity index (χ1v) is 9.38. The van der Waals surface area contributed by atoms with Gasteiger partial charge in [-0.25, -0.2) is 0 Å². The summed E-state index contributed by atoms with van der Waals surface area (Å²) in [6.07, 6.45) is 0.670. The van der Waals surface area contributed by atoms with Crippen LogP contribution in [0.25, 0.3) is 0 Å². The Bertz CT molecular complexity index is 715. The van der Waals surface area contributed by atoms with E-state index in [-0.39, 0.29) is 5.91 Å². The number of carbonyl (C=O) groups excluding carboxylic acids is 1. The number of rotatable bonds is 5. The third-order valence-electron chi connectivity index (χ3n) is 4.42. The quantitative estimate of drug-likeness (QED) is 0.787. The average Bonchev–Trinajstić information content (AvgIpc) is 3.04. The molecule has 25 heavy (non-hydrogen) atoms. The molecule has 0 aliphatic carbocycles. The minimum atomic E-state index is -0.569. The predicted molar refractivity (Wildman–Crippen MR) is 105 cm³/mol. The Balaban J connectivity index is 1.55. The number of anilines is 2. The van der Waals surface area contributed by atoms with E-state index in [1.54, 1.807) is 6.92 Å². The predicted octanol–water partition coefficient (Wildman–Crippen LogP) is 4.70. The van der Waals surface area contributed by atoms with Crippen molar-refractivity contribution < 1.29 is 9.53 Å². The van der Waals surface area contributed by atoms with Crippen LogP contribution in [0.1, 0.15) is 20.3 Å². The maximum absolute atomic E-state index is 12.3. The smallest absolute Gasteiger partial charge is 0.265 e. The van der Waals surface area contributed by atoms with E-state index in [1.165, 1.54) is 12.1 Å². The molecule has 1 fully saturated rings. The Hall–Kier alpha value is -2.01. The monoisotopic (exact) mass is 402 g/mol. The lowest BCUT2D eigenvalue weighted by Gasteiger charge is -2.19. The highest BCUT2D eigenvalue weighted by atomic mass is 79.9. The Kier molecular flexibility index (Phi) is 5.63. The van der Waals surface area contributed by atoms with Crippen LogP contribution in [0.5, 0.6) is 5.75 Å². The number of carbonyl (C=O) groups is 1. The van der Waals surface area contributed by atoms with Crippen molar-refractivity contribution in [2.75, 3.05) is 23.3 Å². The van der Waals surface area contributed by atoms with Gasteiger partial charge in [0.25, 0.3) is 5.91 Å². The van der Waals surface area contributed by atoms with E-state index in [4.69, 9.17) is 4.74 Å². The highest BCUT2D eigenvalue weighted by molar-refractivity contribution is 9.10. The van der Waals surface area contributed by atoms with Crippen LogP contribution in [0.15, 0.2) is 53.0 Å². The molecular formula is C20H23BrN2O2. The summed E-state index contributed by atoms with van der Waals surface area (Å²) in [7, 11) is 0. The zero-order valence-corrected chi connectivity index (χ0v) is 16.1. The number of hydrogen-bond acceptors (Lipinski definition) is 3. The van der Waals surface area contributed by atoms with E-state index < -0.39 is 6.10 Å². The van der Waals surface area contributed by atoms with Crippen molar-refractivity contribution in [3.05, 3.63) is 53.0 Å². The summed E-state index contributed by atoms with van der Waals surface area (Å²) in [5.74, 6) is 1.26. The molecule has 0 spiro atoms. The SMILES string of the molecule is CC1CCN(c2ccc(NC(=O)C(C)Oc3ccc(Br)cc3)cc2)C1. The van der Waals surface area contributed by atoms with Gasteiger partial charge in [0, 0.05) is 28.9 Å². The maximum Gasteiger partial charge on any atom is 0.265 e. The van der Waals surface area contributed by atoms with E-state index in [1.807, 2.05) is 36.4 Å². The highest BCUT2D eigenvalue weighted by Crippen LogP contribution is 2.25. The summed E-state index contributed by atoms with van der Waals surface area (Å²) in [4.78, 5) is 14.7. The van der Waals surface area contributed by atoms with Gasteiger partial charge in [-0.1, -0.05) is 22.9 Å². The Morgan fingerprint density at radius 2 is 1.88 bits per heavy atom. The van der Waals surface area contributed by atoms with Crippen LogP contribution in [0.3, 0.4) is 0 Å². The lowest BCUT2D eigenvalue weighted by Crippen LogP contribution is -2.30. The highest BCUT2D eigenvalue weighted by Gasteiger charge is 2.19. The van der Waals surface area contributed by atoms with Crippen molar-refractivity contribution in [3.8, 4) is 5.75 Å². The van der Waals surface area contributed by atoms with Gasteiger partial charge in [0.1, 0.15) is 5.75 Å². The van der Waals surface area contributed by atoms with Crippen molar-refractivity contribution in [2.45, 2.75) is 26.4 Å². The number of ether oxygens (including phenoxy) is 1. The van der Waals surface area contributed by atoms with Gasteiger partial charge in [-0.3, -0.25) is 4.79 Å². The molecule has 0 bridgehead atoms. The average molecular weight is 403 g/mol. The van der Waals surface area contributed by atoms with Crippen molar-refractivity contribution >= 4 is 33.2 Å². The molecule has 1 amide bonds. The fraction of sp³-hybridized carbons (Fsp3) is 0.350. The number of halogens is 1. The van der Waals surface area contributed by atoms with Crippen LogP contribution in [0, 0.1) is 5.92 Å². The lowest BCUT2D eigenvalue weighted by molar-refractivity contribution is -0.122. The molecule has 5 heteroatoms. The van der Waals surface area contributed by atoms with Gasteiger partial charge in [0.15, 0.2) is 6.10 Å². The molecule has 2 aromatic rings. The minimum absolute atomic E-state index is 0.162. The molecule has 4 nitrogen and oxygen atoms in total. The lowest BCUT2D eigenvalue weighted by atomic mass is 10.2. The van der Waals surface area contributed by atoms with Crippen molar-refractivity contribution in [1.82, 2.24) is 0 Å². The molecule has 0 saturated carbocycles. The van der Waals surface area contributed by atoms with Gasteiger partial charge in [0.05, 0.1) is 0 Å². The number of nitrogens with one attached hydrogen (secondary N) is 1. The van der Waals surface area contributed by atoms with E-state index in [0.717, 1.165) is 29.2 Å². The van der Waals surface area contributed by atoms with Crippen LogP contribution >= 0.6 is 15.9 Å².